The van der Waals surface area contributed by atoms with E-state index in [2.05, 4.69) is 27.2 Å². The first-order valence-corrected chi connectivity index (χ1v) is 9.51. The van der Waals surface area contributed by atoms with E-state index in [4.69, 9.17) is 10.5 Å². The van der Waals surface area contributed by atoms with Crippen molar-refractivity contribution < 1.29 is 9.53 Å². The summed E-state index contributed by atoms with van der Waals surface area (Å²) in [6, 6.07) is 9.09. The third-order valence-corrected chi connectivity index (χ3v) is 5.27. The Balaban J connectivity index is 1.47. The SMILES string of the molecule is COc1ccc(NC(=O)N2CCN(c3nc(N)cc4c3cnn4C)[C@@H](C)C2)cc1. The van der Waals surface area contributed by atoms with Gasteiger partial charge in [0.2, 0.25) is 0 Å². The van der Waals surface area contributed by atoms with Gasteiger partial charge in [-0.1, -0.05) is 0 Å². The highest BCUT2D eigenvalue weighted by Gasteiger charge is 2.29. The number of nitrogens with two attached hydrogens (primary N) is 1. The lowest BCUT2D eigenvalue weighted by atomic mass is 10.1. The normalized spacial score (nSPS) is 16.9. The van der Waals surface area contributed by atoms with E-state index in [0.29, 0.717) is 25.5 Å². The predicted octanol–water partition coefficient (Wildman–Crippen LogP) is 2.30. The number of nitrogen functional groups attached to an aromatic ring is 1. The second-order valence-corrected chi connectivity index (χ2v) is 7.22. The van der Waals surface area contributed by atoms with Crippen molar-refractivity contribution in [2.75, 3.05) is 42.7 Å². The number of methoxy groups -OCH3 is 1. The molecule has 4 rings (SSSR count). The Morgan fingerprint density at radius 2 is 2.03 bits per heavy atom. The molecule has 0 spiro atoms. The average molecular weight is 395 g/mol. The Kier molecular flexibility index (Phi) is 4.87. The number of hydrogen-bond donors (Lipinski definition) is 2. The Labute approximate surface area is 169 Å². The van der Waals surface area contributed by atoms with Gasteiger partial charge in [-0.25, -0.2) is 9.78 Å². The predicted molar refractivity (Wildman–Crippen MR) is 113 cm³/mol. The minimum Gasteiger partial charge on any atom is -0.497 e. The standard InChI is InChI=1S/C20H25N7O2/c1-13-12-26(20(28)23-14-4-6-15(29-3)7-5-14)8-9-27(13)19-16-11-22-25(2)17(16)10-18(21)24-19/h4-7,10-11,13H,8-9,12H2,1-3H3,(H2,21,24)(H,23,28)/t13-/m0/s1. The van der Waals surface area contributed by atoms with Gasteiger partial charge in [0.25, 0.3) is 0 Å². The van der Waals surface area contributed by atoms with Crippen molar-refractivity contribution in [2.45, 2.75) is 13.0 Å². The molecule has 1 aliphatic heterocycles. The number of aryl methyl sites for hydroxylation is 1. The van der Waals surface area contributed by atoms with Crippen molar-refractivity contribution in [3.05, 3.63) is 36.5 Å². The molecule has 0 radical (unpaired) electrons. The van der Waals surface area contributed by atoms with Gasteiger partial charge in [0.05, 0.1) is 24.2 Å². The van der Waals surface area contributed by atoms with Crippen LogP contribution < -0.4 is 20.7 Å². The van der Waals surface area contributed by atoms with Gasteiger partial charge in [0, 0.05) is 44.5 Å². The second-order valence-electron chi connectivity index (χ2n) is 7.22. The van der Waals surface area contributed by atoms with Crippen molar-refractivity contribution >= 4 is 34.3 Å². The molecule has 1 atom stereocenters. The van der Waals surface area contributed by atoms with Crippen LogP contribution in [-0.2, 0) is 7.05 Å². The highest BCUT2D eigenvalue weighted by molar-refractivity contribution is 5.92. The number of fused-ring (bicyclic) bond motifs is 1. The molecule has 1 saturated heterocycles. The van der Waals surface area contributed by atoms with Gasteiger partial charge in [0.15, 0.2) is 0 Å². The highest BCUT2D eigenvalue weighted by Crippen LogP contribution is 2.29. The van der Waals surface area contributed by atoms with Crippen molar-refractivity contribution in [3.8, 4) is 5.75 Å². The smallest absolute Gasteiger partial charge is 0.321 e. The van der Waals surface area contributed by atoms with E-state index >= 15 is 0 Å². The molecule has 1 aliphatic rings. The number of ether oxygens (including phenoxy) is 1. The molecule has 2 amide bonds. The van der Waals surface area contributed by atoms with Crippen LogP contribution >= 0.6 is 0 Å². The van der Waals surface area contributed by atoms with E-state index in [0.717, 1.165) is 28.2 Å². The molecule has 29 heavy (non-hydrogen) atoms. The summed E-state index contributed by atoms with van der Waals surface area (Å²) in [7, 11) is 3.50. The first-order chi connectivity index (χ1) is 14.0. The number of anilines is 3. The molecule has 9 heteroatoms. The summed E-state index contributed by atoms with van der Waals surface area (Å²) < 4.78 is 6.94. The van der Waals surface area contributed by atoms with Crippen LogP contribution in [-0.4, -0.2) is 58.5 Å². The summed E-state index contributed by atoms with van der Waals surface area (Å²) >= 11 is 0. The molecular weight excluding hydrogens is 370 g/mol. The third kappa shape index (κ3) is 3.63. The molecule has 0 unspecified atom stereocenters. The number of piperazine rings is 1. The minimum atomic E-state index is -0.117. The molecular formula is C20H25N7O2. The van der Waals surface area contributed by atoms with Gasteiger partial charge in [-0.05, 0) is 31.2 Å². The van der Waals surface area contributed by atoms with Crippen molar-refractivity contribution in [2.24, 2.45) is 7.05 Å². The molecule has 3 N–H and O–H groups in total. The fourth-order valence-electron chi connectivity index (χ4n) is 3.70. The number of urea groups is 1. The molecule has 3 aromatic rings. The third-order valence-electron chi connectivity index (χ3n) is 5.27. The van der Waals surface area contributed by atoms with Crippen LogP contribution in [0.4, 0.5) is 22.1 Å². The maximum absolute atomic E-state index is 12.7. The Morgan fingerprint density at radius 1 is 1.28 bits per heavy atom. The number of benzene rings is 1. The van der Waals surface area contributed by atoms with Gasteiger partial charge < -0.3 is 25.6 Å². The lowest BCUT2D eigenvalue weighted by Crippen LogP contribution is -2.55. The van der Waals surface area contributed by atoms with Crippen LogP contribution in [0.5, 0.6) is 5.75 Å². The summed E-state index contributed by atoms with van der Waals surface area (Å²) in [5.41, 5.74) is 7.71. The maximum Gasteiger partial charge on any atom is 0.321 e. The van der Waals surface area contributed by atoms with Gasteiger partial charge in [-0.2, -0.15) is 5.10 Å². The topological polar surface area (TPSA) is 102 Å². The largest absolute Gasteiger partial charge is 0.497 e. The number of nitrogens with one attached hydrogen (secondary N) is 1. The van der Waals surface area contributed by atoms with Crippen LogP contribution in [0.2, 0.25) is 0 Å². The Morgan fingerprint density at radius 3 is 2.72 bits per heavy atom. The monoisotopic (exact) mass is 395 g/mol. The molecule has 1 fully saturated rings. The fraction of sp³-hybridized carbons (Fsp3) is 0.350. The number of nitrogens with zero attached hydrogens (tertiary/aromatic N) is 5. The van der Waals surface area contributed by atoms with Gasteiger partial charge in [-0.3, -0.25) is 4.68 Å². The second kappa shape index (κ2) is 7.50. The van der Waals surface area contributed by atoms with Crippen LogP contribution in [0.25, 0.3) is 10.9 Å². The number of amides is 2. The first kappa shape index (κ1) is 18.9. The maximum atomic E-state index is 12.7. The van der Waals surface area contributed by atoms with E-state index in [-0.39, 0.29) is 12.1 Å². The van der Waals surface area contributed by atoms with E-state index in [1.54, 1.807) is 11.8 Å². The molecule has 3 heterocycles. The first-order valence-electron chi connectivity index (χ1n) is 9.51. The van der Waals surface area contributed by atoms with E-state index in [1.807, 2.05) is 48.5 Å². The average Bonchev–Trinajstić information content (AvgIpc) is 3.08. The van der Waals surface area contributed by atoms with Crippen LogP contribution in [0, 0.1) is 0 Å². The Hall–Kier alpha value is -3.49. The molecule has 1 aromatic carbocycles. The number of pyridine rings is 1. The van der Waals surface area contributed by atoms with Crippen molar-refractivity contribution in [3.63, 3.8) is 0 Å². The Bertz CT molecular complexity index is 1030. The summed E-state index contributed by atoms with van der Waals surface area (Å²) in [4.78, 5) is 21.3. The zero-order valence-electron chi connectivity index (χ0n) is 16.8. The van der Waals surface area contributed by atoms with Crippen LogP contribution in [0.1, 0.15) is 6.92 Å². The van der Waals surface area contributed by atoms with E-state index in [9.17, 15) is 4.79 Å². The number of rotatable bonds is 3. The van der Waals surface area contributed by atoms with Crippen molar-refractivity contribution in [1.29, 1.82) is 0 Å². The molecule has 0 bridgehead atoms. The molecule has 152 valence electrons. The van der Waals surface area contributed by atoms with E-state index < -0.39 is 0 Å². The summed E-state index contributed by atoms with van der Waals surface area (Å²) in [6.07, 6.45) is 1.81. The van der Waals surface area contributed by atoms with Gasteiger partial charge in [-0.15, -0.1) is 0 Å². The number of aromatic nitrogens is 3. The lowest BCUT2D eigenvalue weighted by Gasteiger charge is -2.40. The summed E-state index contributed by atoms with van der Waals surface area (Å²) in [5.74, 6) is 2.03. The van der Waals surface area contributed by atoms with Crippen LogP contribution in [0.15, 0.2) is 36.5 Å². The fourth-order valence-corrected chi connectivity index (χ4v) is 3.70. The minimum absolute atomic E-state index is 0.0862. The summed E-state index contributed by atoms with van der Waals surface area (Å²) in [5, 5.41) is 8.24. The van der Waals surface area contributed by atoms with Gasteiger partial charge >= 0.3 is 6.03 Å². The molecule has 0 aliphatic carbocycles. The zero-order valence-corrected chi connectivity index (χ0v) is 16.8. The van der Waals surface area contributed by atoms with E-state index in [1.165, 1.54) is 0 Å². The number of carbonyl (C=O) groups is 1. The number of hydrogen-bond acceptors (Lipinski definition) is 6. The highest BCUT2D eigenvalue weighted by atomic mass is 16.5. The van der Waals surface area contributed by atoms with Crippen LogP contribution in [0.3, 0.4) is 0 Å². The summed E-state index contributed by atoms with van der Waals surface area (Å²) in [6.45, 7) is 3.92. The molecule has 0 saturated carbocycles. The lowest BCUT2D eigenvalue weighted by molar-refractivity contribution is 0.200. The molecule has 9 nitrogen and oxygen atoms in total. The van der Waals surface area contributed by atoms with Gasteiger partial charge in [0.1, 0.15) is 17.4 Å². The quantitative estimate of drug-likeness (QED) is 0.706. The van der Waals surface area contributed by atoms with Crippen molar-refractivity contribution in [1.82, 2.24) is 19.7 Å². The molecule has 2 aromatic heterocycles. The zero-order chi connectivity index (χ0) is 20.5. The number of carbonyl (C=O) groups excluding carboxylic acids is 1.